The third kappa shape index (κ3) is 2.38. The Labute approximate surface area is 130 Å². The number of nitrogen functional groups attached to an aromatic ring is 1. The first-order valence-corrected chi connectivity index (χ1v) is 6.84. The summed E-state index contributed by atoms with van der Waals surface area (Å²) in [6, 6.07) is 11.1. The first-order valence-electron chi connectivity index (χ1n) is 6.43. The van der Waals surface area contributed by atoms with Crippen LogP contribution < -0.4 is 11.4 Å². The van der Waals surface area contributed by atoms with E-state index >= 15 is 0 Å². The molecule has 0 saturated carbocycles. The molecule has 1 heterocycles. The van der Waals surface area contributed by atoms with Crippen LogP contribution in [0.2, 0.25) is 0 Å². The first-order chi connectivity index (χ1) is 10.6. The van der Waals surface area contributed by atoms with Crippen molar-refractivity contribution in [1.29, 1.82) is 0 Å². The number of rotatable bonds is 2. The van der Waals surface area contributed by atoms with Crippen molar-refractivity contribution in [3.8, 4) is 5.75 Å². The van der Waals surface area contributed by atoms with Gasteiger partial charge in [-0.2, -0.15) is 9.77 Å². The number of benzene rings is 2. The van der Waals surface area contributed by atoms with Crippen molar-refractivity contribution >= 4 is 35.1 Å². The third-order valence-corrected chi connectivity index (χ3v) is 3.57. The molecule has 0 unspecified atom stereocenters. The number of phenols is 1. The van der Waals surface area contributed by atoms with Gasteiger partial charge in [-0.1, -0.05) is 30.3 Å². The first kappa shape index (κ1) is 14.0. The zero-order valence-electron chi connectivity index (χ0n) is 11.4. The Kier molecular flexibility index (Phi) is 3.48. The summed E-state index contributed by atoms with van der Waals surface area (Å²) < 4.78 is 0.848. The Hall–Kier alpha value is -2.93. The summed E-state index contributed by atoms with van der Waals surface area (Å²) in [6.07, 6.45) is 3.11. The Bertz CT molecular complexity index is 1000. The van der Waals surface area contributed by atoms with Gasteiger partial charge in [0.15, 0.2) is 5.69 Å². The number of aromatic nitrogens is 3. The van der Waals surface area contributed by atoms with Crippen LogP contribution in [0, 0.1) is 4.77 Å². The summed E-state index contributed by atoms with van der Waals surface area (Å²) in [7, 11) is 0. The van der Waals surface area contributed by atoms with E-state index in [0.717, 1.165) is 15.4 Å². The van der Waals surface area contributed by atoms with Crippen LogP contribution in [0.3, 0.4) is 0 Å². The number of H-pyrrole nitrogens is 1. The minimum atomic E-state index is -0.514. The predicted molar refractivity (Wildman–Crippen MR) is 88.4 cm³/mol. The van der Waals surface area contributed by atoms with Gasteiger partial charge in [-0.15, -0.1) is 0 Å². The summed E-state index contributed by atoms with van der Waals surface area (Å²) in [6.45, 7) is 0. The summed E-state index contributed by atoms with van der Waals surface area (Å²) in [5.74, 6) is 5.64. The maximum absolute atomic E-state index is 11.9. The van der Waals surface area contributed by atoms with Crippen LogP contribution in [-0.4, -0.2) is 20.0 Å². The molecular weight excluding hydrogens is 300 g/mol. The number of phenolic OH excluding ortho intramolecular Hbond substituents is 1. The normalized spacial score (nSPS) is 11.3. The van der Waals surface area contributed by atoms with E-state index in [-0.39, 0.29) is 16.2 Å². The van der Waals surface area contributed by atoms with Crippen molar-refractivity contribution in [2.75, 3.05) is 5.84 Å². The van der Waals surface area contributed by atoms with Gasteiger partial charge in [0.05, 0.1) is 0 Å². The maximum atomic E-state index is 11.9. The average molecular weight is 312 g/mol. The molecule has 0 fully saturated rings. The molecule has 0 radical (unpaired) electrons. The second kappa shape index (κ2) is 5.45. The highest BCUT2D eigenvalue weighted by molar-refractivity contribution is 7.71. The smallest absolute Gasteiger partial charge is 0.298 e. The van der Waals surface area contributed by atoms with E-state index in [2.05, 4.69) is 10.2 Å². The molecule has 1 aromatic heterocycles. The van der Waals surface area contributed by atoms with Gasteiger partial charge in [0.1, 0.15) is 5.75 Å². The minimum Gasteiger partial charge on any atom is -0.507 e. The fourth-order valence-electron chi connectivity index (χ4n) is 2.16. The molecule has 4 N–H and O–H groups in total. The summed E-state index contributed by atoms with van der Waals surface area (Å²) in [5, 5.41) is 18.2. The maximum Gasteiger partial charge on any atom is 0.298 e. The topological polar surface area (TPSA) is 96.9 Å². The molecule has 2 aromatic carbocycles. The highest BCUT2D eigenvalue weighted by Crippen LogP contribution is 2.28. The molecule has 0 bridgehead atoms. The fourth-order valence-corrected chi connectivity index (χ4v) is 2.28. The number of hydrogen-bond acceptors (Lipinski definition) is 5. The highest BCUT2D eigenvalue weighted by atomic mass is 32.1. The van der Waals surface area contributed by atoms with Crippen LogP contribution in [-0.2, 0) is 0 Å². The zero-order valence-corrected chi connectivity index (χ0v) is 12.2. The largest absolute Gasteiger partial charge is 0.507 e. The van der Waals surface area contributed by atoms with Gasteiger partial charge < -0.3 is 10.9 Å². The number of fused-ring (bicyclic) bond motifs is 1. The molecule has 22 heavy (non-hydrogen) atoms. The van der Waals surface area contributed by atoms with Gasteiger partial charge in [0.2, 0.25) is 4.77 Å². The molecule has 0 atom stereocenters. The van der Waals surface area contributed by atoms with Gasteiger partial charge >= 0.3 is 0 Å². The second-order valence-corrected chi connectivity index (χ2v) is 5.03. The molecule has 0 amide bonds. The van der Waals surface area contributed by atoms with Crippen LogP contribution in [0.1, 0.15) is 11.3 Å². The minimum absolute atomic E-state index is 0.0372. The van der Waals surface area contributed by atoms with Crippen molar-refractivity contribution < 1.29 is 5.11 Å². The number of nitrogens with one attached hydrogen (secondary N) is 1. The predicted octanol–water partition coefficient (Wildman–Crippen LogP) is 2.04. The number of aromatic hydroxyl groups is 1. The molecule has 7 heteroatoms. The van der Waals surface area contributed by atoms with Crippen LogP contribution >= 0.6 is 12.2 Å². The lowest BCUT2D eigenvalue weighted by molar-refractivity contribution is 0.475. The van der Waals surface area contributed by atoms with E-state index < -0.39 is 5.56 Å². The van der Waals surface area contributed by atoms with Crippen LogP contribution in [0.25, 0.3) is 22.9 Å². The van der Waals surface area contributed by atoms with E-state index in [1.807, 2.05) is 30.3 Å². The third-order valence-electron chi connectivity index (χ3n) is 3.28. The highest BCUT2D eigenvalue weighted by Gasteiger charge is 2.05. The molecule has 110 valence electrons. The van der Waals surface area contributed by atoms with Crippen molar-refractivity contribution in [2.24, 2.45) is 0 Å². The van der Waals surface area contributed by atoms with E-state index in [9.17, 15) is 9.90 Å². The Balaban J connectivity index is 2.15. The van der Waals surface area contributed by atoms with E-state index in [4.69, 9.17) is 18.1 Å². The van der Waals surface area contributed by atoms with Crippen LogP contribution in [0.15, 0.2) is 41.2 Å². The van der Waals surface area contributed by atoms with Gasteiger partial charge in [-0.3, -0.25) is 9.89 Å². The number of nitrogens with zero attached hydrogens (tertiary/aromatic N) is 2. The van der Waals surface area contributed by atoms with Crippen LogP contribution in [0.4, 0.5) is 0 Å². The summed E-state index contributed by atoms with van der Waals surface area (Å²) >= 11 is 4.82. The summed E-state index contributed by atoms with van der Waals surface area (Å²) in [4.78, 5) is 11.9. The molecule has 3 aromatic rings. The SMILES string of the molecule is Nn1c(=S)[nH]nc(C=Cc2c(O)ccc3ccccc23)c1=O. The van der Waals surface area contributed by atoms with Gasteiger partial charge in [0, 0.05) is 5.56 Å². The molecule has 0 aliphatic carbocycles. The lowest BCUT2D eigenvalue weighted by Gasteiger charge is -2.05. The Morgan fingerprint density at radius 3 is 2.82 bits per heavy atom. The van der Waals surface area contributed by atoms with Crippen molar-refractivity contribution in [3.05, 3.63) is 62.8 Å². The van der Waals surface area contributed by atoms with Gasteiger partial charge in [-0.25, -0.2) is 0 Å². The number of nitrogens with two attached hydrogens (primary N) is 1. The van der Waals surface area contributed by atoms with E-state index in [1.54, 1.807) is 12.1 Å². The lowest BCUT2D eigenvalue weighted by atomic mass is 10.0. The second-order valence-electron chi connectivity index (χ2n) is 4.64. The Morgan fingerprint density at radius 2 is 2.00 bits per heavy atom. The zero-order chi connectivity index (χ0) is 15.7. The molecule has 0 spiro atoms. The molecule has 6 nitrogen and oxygen atoms in total. The lowest BCUT2D eigenvalue weighted by Crippen LogP contribution is -2.31. The number of hydrogen-bond donors (Lipinski definition) is 3. The molecule has 0 aliphatic heterocycles. The van der Waals surface area contributed by atoms with E-state index in [1.165, 1.54) is 6.08 Å². The fraction of sp³-hybridized carbons (Fsp3) is 0. The molecular formula is C15H12N4O2S. The monoisotopic (exact) mass is 312 g/mol. The van der Waals surface area contributed by atoms with Crippen molar-refractivity contribution in [3.63, 3.8) is 0 Å². The summed E-state index contributed by atoms with van der Waals surface area (Å²) in [5.41, 5.74) is 0.188. The molecule has 0 saturated heterocycles. The quantitative estimate of drug-likeness (QED) is 0.497. The standard InChI is InChI=1S/C15H12N4O2S/c16-19-14(21)12(17-18-15(19)22)7-6-11-10-4-2-1-3-9(10)5-8-13(11)20/h1-8,20H,16H2,(H,18,22). The molecule has 3 rings (SSSR count). The van der Waals surface area contributed by atoms with Gasteiger partial charge in [-0.05, 0) is 41.2 Å². The molecule has 0 aliphatic rings. The number of aromatic amines is 1. The van der Waals surface area contributed by atoms with Crippen molar-refractivity contribution in [1.82, 2.24) is 14.9 Å². The van der Waals surface area contributed by atoms with Crippen LogP contribution in [0.5, 0.6) is 5.75 Å². The van der Waals surface area contributed by atoms with Crippen molar-refractivity contribution in [2.45, 2.75) is 0 Å². The van der Waals surface area contributed by atoms with E-state index in [0.29, 0.717) is 5.56 Å². The van der Waals surface area contributed by atoms with Gasteiger partial charge in [0.25, 0.3) is 5.56 Å². The average Bonchev–Trinajstić information content (AvgIpc) is 2.53. The Morgan fingerprint density at radius 1 is 1.23 bits per heavy atom.